The van der Waals surface area contributed by atoms with Crippen LogP contribution in [0, 0.1) is 0 Å². The number of para-hydroxylation sites is 1. The van der Waals surface area contributed by atoms with Gasteiger partial charge >= 0.3 is 0 Å². The molecule has 0 unspecified atom stereocenters. The van der Waals surface area contributed by atoms with E-state index in [4.69, 9.17) is 15.5 Å². The van der Waals surface area contributed by atoms with Crippen LogP contribution in [0.1, 0.15) is 17.1 Å². The molecule has 0 saturated heterocycles. The molecule has 0 aliphatic carbocycles. The summed E-state index contributed by atoms with van der Waals surface area (Å²) in [4.78, 5) is 15.9. The van der Waals surface area contributed by atoms with Crippen molar-refractivity contribution in [3.63, 3.8) is 0 Å². The molecule has 9 heteroatoms. The molecule has 136 valence electrons. The topological polar surface area (TPSA) is 94.5 Å². The van der Waals surface area contributed by atoms with E-state index in [-0.39, 0.29) is 5.95 Å². The van der Waals surface area contributed by atoms with E-state index in [0.717, 1.165) is 28.6 Å². The molecule has 0 saturated carbocycles. The first-order chi connectivity index (χ1) is 13.1. The van der Waals surface area contributed by atoms with Gasteiger partial charge in [0.25, 0.3) is 0 Å². The summed E-state index contributed by atoms with van der Waals surface area (Å²) in [6, 6.07) is 7.83. The fourth-order valence-corrected chi connectivity index (χ4v) is 3.89. The zero-order valence-electron chi connectivity index (χ0n) is 14.6. The summed E-state index contributed by atoms with van der Waals surface area (Å²) in [6.45, 7) is 2.21. The van der Waals surface area contributed by atoms with Crippen LogP contribution in [0.25, 0.3) is 16.6 Å². The number of nitrogens with zero attached hydrogens (tertiary/aromatic N) is 6. The zero-order chi connectivity index (χ0) is 18.5. The van der Waals surface area contributed by atoms with Crippen LogP contribution >= 0.6 is 15.9 Å². The number of anilines is 1. The number of pyridine rings is 1. The van der Waals surface area contributed by atoms with Crippen molar-refractivity contribution in [1.29, 1.82) is 0 Å². The number of nitrogens with two attached hydrogens (primary N) is 1. The van der Waals surface area contributed by atoms with Crippen molar-refractivity contribution in [1.82, 2.24) is 29.5 Å². The second kappa shape index (κ2) is 6.14. The molecule has 5 rings (SSSR count). The van der Waals surface area contributed by atoms with Crippen LogP contribution in [0.4, 0.5) is 5.95 Å². The highest BCUT2D eigenvalue weighted by atomic mass is 79.9. The number of rotatable bonds is 3. The average Bonchev–Trinajstić information content (AvgIpc) is 3.25. The standard InChI is InChI=1S/C18H16BrN7O/c1-27-14-4-2-3-12-16(14)23-18(20)26-17(12)22-15(24-26)9-25-7-10-5-11(19)6-21-13(10)8-25/h2-6H,7-9H2,1H3,(H2,20,23). The van der Waals surface area contributed by atoms with E-state index in [2.05, 4.69) is 42.0 Å². The average molecular weight is 426 g/mol. The Labute approximate surface area is 163 Å². The Morgan fingerprint density at radius 2 is 2.15 bits per heavy atom. The normalized spacial score (nSPS) is 14.1. The number of hydrogen-bond donors (Lipinski definition) is 1. The highest BCUT2D eigenvalue weighted by Crippen LogP contribution is 2.28. The van der Waals surface area contributed by atoms with Crippen molar-refractivity contribution in [3.05, 3.63) is 52.0 Å². The Kier molecular flexibility index (Phi) is 3.73. The van der Waals surface area contributed by atoms with Crippen LogP contribution in [0.5, 0.6) is 5.75 Å². The molecule has 0 bridgehead atoms. The second-order valence-corrected chi connectivity index (χ2v) is 7.41. The molecule has 3 aromatic heterocycles. The molecule has 8 nitrogen and oxygen atoms in total. The van der Waals surface area contributed by atoms with Gasteiger partial charge in [0.1, 0.15) is 11.3 Å². The maximum atomic E-state index is 6.12. The monoisotopic (exact) mass is 425 g/mol. The number of halogens is 1. The lowest BCUT2D eigenvalue weighted by atomic mass is 10.2. The first-order valence-electron chi connectivity index (χ1n) is 8.46. The largest absolute Gasteiger partial charge is 0.494 e. The van der Waals surface area contributed by atoms with E-state index in [1.807, 2.05) is 24.4 Å². The third-order valence-corrected chi connectivity index (χ3v) is 5.15. The smallest absolute Gasteiger partial charge is 0.223 e. The fraction of sp³-hybridized carbons (Fsp3) is 0.222. The summed E-state index contributed by atoms with van der Waals surface area (Å²) >= 11 is 3.48. The van der Waals surface area contributed by atoms with Crippen molar-refractivity contribution < 1.29 is 4.74 Å². The van der Waals surface area contributed by atoms with Gasteiger partial charge in [-0.25, -0.2) is 9.97 Å². The van der Waals surface area contributed by atoms with E-state index >= 15 is 0 Å². The molecule has 1 aliphatic rings. The van der Waals surface area contributed by atoms with Gasteiger partial charge in [0, 0.05) is 29.1 Å². The van der Waals surface area contributed by atoms with E-state index in [9.17, 15) is 0 Å². The SMILES string of the molecule is COc1cccc2c1nc(N)n1nc(CN3Cc4cc(Br)cnc4C3)nc21. The maximum absolute atomic E-state index is 6.12. The minimum atomic E-state index is 0.288. The van der Waals surface area contributed by atoms with Crippen LogP contribution in [-0.2, 0) is 19.6 Å². The molecule has 4 aromatic rings. The fourth-order valence-electron chi connectivity index (χ4n) is 3.51. The zero-order valence-corrected chi connectivity index (χ0v) is 16.1. The number of fused-ring (bicyclic) bond motifs is 4. The van der Waals surface area contributed by atoms with E-state index in [1.165, 1.54) is 5.56 Å². The Morgan fingerprint density at radius 1 is 1.26 bits per heavy atom. The molecule has 27 heavy (non-hydrogen) atoms. The third kappa shape index (κ3) is 2.70. The van der Waals surface area contributed by atoms with Crippen molar-refractivity contribution in [2.75, 3.05) is 12.8 Å². The number of methoxy groups -OCH3 is 1. The van der Waals surface area contributed by atoms with Gasteiger partial charge in [-0.1, -0.05) is 6.07 Å². The van der Waals surface area contributed by atoms with Gasteiger partial charge in [0.2, 0.25) is 5.95 Å². The summed E-state index contributed by atoms with van der Waals surface area (Å²) in [7, 11) is 1.61. The van der Waals surface area contributed by atoms with Crippen molar-refractivity contribution in [2.24, 2.45) is 0 Å². The number of hydrogen-bond acceptors (Lipinski definition) is 7. The third-order valence-electron chi connectivity index (χ3n) is 4.71. The Morgan fingerprint density at radius 3 is 3.00 bits per heavy atom. The molecule has 1 aromatic carbocycles. The van der Waals surface area contributed by atoms with E-state index in [0.29, 0.717) is 29.3 Å². The lowest BCUT2D eigenvalue weighted by Crippen LogP contribution is -2.16. The predicted octanol–water partition coefficient (Wildman–Crippen LogP) is 2.54. The second-order valence-electron chi connectivity index (χ2n) is 6.49. The van der Waals surface area contributed by atoms with Crippen LogP contribution < -0.4 is 10.5 Å². The summed E-state index contributed by atoms with van der Waals surface area (Å²) in [6.07, 6.45) is 1.83. The van der Waals surface area contributed by atoms with E-state index in [1.54, 1.807) is 11.6 Å². The number of ether oxygens (including phenoxy) is 1. The van der Waals surface area contributed by atoms with Crippen molar-refractivity contribution >= 4 is 38.4 Å². The summed E-state index contributed by atoms with van der Waals surface area (Å²) in [5.74, 6) is 1.65. The Balaban J connectivity index is 1.52. The van der Waals surface area contributed by atoms with Gasteiger partial charge in [-0.05, 0) is 39.7 Å². The first kappa shape index (κ1) is 16.4. The quantitative estimate of drug-likeness (QED) is 0.538. The lowest BCUT2D eigenvalue weighted by molar-refractivity contribution is 0.267. The Bertz CT molecular complexity index is 1190. The number of nitrogen functional groups attached to an aromatic ring is 1. The molecule has 0 amide bonds. The summed E-state index contributed by atoms with van der Waals surface area (Å²) < 4.78 is 7.98. The van der Waals surface area contributed by atoms with Gasteiger partial charge in [-0.2, -0.15) is 4.52 Å². The van der Waals surface area contributed by atoms with Crippen LogP contribution in [0.2, 0.25) is 0 Å². The molecule has 2 N–H and O–H groups in total. The van der Waals surface area contributed by atoms with Gasteiger partial charge in [0.05, 0.1) is 19.3 Å². The predicted molar refractivity (Wildman–Crippen MR) is 104 cm³/mol. The van der Waals surface area contributed by atoms with E-state index < -0.39 is 0 Å². The number of benzene rings is 1. The molecule has 0 radical (unpaired) electrons. The van der Waals surface area contributed by atoms with Gasteiger partial charge < -0.3 is 10.5 Å². The molecule has 4 heterocycles. The number of aromatic nitrogens is 5. The minimum absolute atomic E-state index is 0.288. The lowest BCUT2D eigenvalue weighted by Gasteiger charge is -2.10. The summed E-state index contributed by atoms with van der Waals surface area (Å²) in [5, 5.41) is 5.43. The van der Waals surface area contributed by atoms with Crippen LogP contribution in [0.3, 0.4) is 0 Å². The summed E-state index contributed by atoms with van der Waals surface area (Å²) in [5.41, 5.74) is 9.81. The van der Waals surface area contributed by atoms with Gasteiger partial charge in [0.15, 0.2) is 11.5 Å². The highest BCUT2D eigenvalue weighted by Gasteiger charge is 2.22. The minimum Gasteiger partial charge on any atom is -0.494 e. The highest BCUT2D eigenvalue weighted by molar-refractivity contribution is 9.10. The molecular formula is C18H16BrN7O. The molecule has 0 spiro atoms. The molecular weight excluding hydrogens is 410 g/mol. The maximum Gasteiger partial charge on any atom is 0.223 e. The Hall–Kier alpha value is -2.78. The van der Waals surface area contributed by atoms with Gasteiger partial charge in [-0.3, -0.25) is 9.88 Å². The van der Waals surface area contributed by atoms with Crippen LogP contribution in [0.15, 0.2) is 34.9 Å². The molecule has 0 fully saturated rings. The van der Waals surface area contributed by atoms with Crippen molar-refractivity contribution in [3.8, 4) is 5.75 Å². The van der Waals surface area contributed by atoms with Crippen LogP contribution in [-0.4, -0.2) is 36.6 Å². The molecule has 0 atom stereocenters. The first-order valence-corrected chi connectivity index (χ1v) is 9.25. The van der Waals surface area contributed by atoms with Gasteiger partial charge in [-0.15, -0.1) is 5.10 Å². The molecule has 1 aliphatic heterocycles. The van der Waals surface area contributed by atoms with Crippen molar-refractivity contribution in [2.45, 2.75) is 19.6 Å².